The average molecular weight is 495 g/mol. The maximum absolute atomic E-state index is 13.0. The number of benzene rings is 2. The van der Waals surface area contributed by atoms with Crippen molar-refractivity contribution in [2.75, 3.05) is 32.2 Å². The van der Waals surface area contributed by atoms with Crippen LogP contribution in [0, 0.1) is 3.57 Å². The summed E-state index contributed by atoms with van der Waals surface area (Å²) in [6.45, 7) is 0.0295. The van der Waals surface area contributed by atoms with E-state index in [2.05, 4.69) is 27.9 Å². The summed E-state index contributed by atoms with van der Waals surface area (Å²) in [6.07, 6.45) is -4.54. The topological polar surface area (TPSA) is 56.8 Å². The van der Waals surface area contributed by atoms with Gasteiger partial charge in [-0.3, -0.25) is 4.79 Å². The van der Waals surface area contributed by atoms with Gasteiger partial charge in [0.2, 0.25) is 0 Å². The van der Waals surface area contributed by atoms with Crippen LogP contribution in [0.3, 0.4) is 0 Å². The zero-order chi connectivity index (χ0) is 19.9. The SMILES string of the molecule is COCCOc1ccc(C(F)(F)F)cc1NC(=O)COc1cccc(I)c1. The molecular formula is C18H17F3INO4. The zero-order valence-corrected chi connectivity index (χ0v) is 16.5. The number of halogens is 4. The summed E-state index contributed by atoms with van der Waals surface area (Å²) in [7, 11) is 1.47. The predicted molar refractivity (Wildman–Crippen MR) is 102 cm³/mol. The quantitative estimate of drug-likeness (QED) is 0.437. The minimum atomic E-state index is -4.54. The van der Waals surface area contributed by atoms with Crippen molar-refractivity contribution in [3.05, 3.63) is 51.6 Å². The van der Waals surface area contributed by atoms with Crippen molar-refractivity contribution >= 4 is 34.2 Å². The average Bonchev–Trinajstić information content (AvgIpc) is 2.60. The summed E-state index contributed by atoms with van der Waals surface area (Å²) in [5.41, 5.74) is -0.979. The van der Waals surface area contributed by atoms with Crippen molar-refractivity contribution in [2.24, 2.45) is 0 Å². The number of hydrogen-bond donors (Lipinski definition) is 1. The molecule has 27 heavy (non-hydrogen) atoms. The Hall–Kier alpha value is -2.01. The van der Waals surface area contributed by atoms with Gasteiger partial charge in [0.1, 0.15) is 18.1 Å². The molecule has 0 atom stereocenters. The molecule has 0 saturated carbocycles. The molecule has 0 heterocycles. The van der Waals surface area contributed by atoms with Crippen molar-refractivity contribution < 1.29 is 32.2 Å². The first kappa shape index (κ1) is 21.3. The Morgan fingerprint density at radius 3 is 2.56 bits per heavy atom. The van der Waals surface area contributed by atoms with Crippen LogP contribution in [0.15, 0.2) is 42.5 Å². The van der Waals surface area contributed by atoms with Crippen LogP contribution in [-0.4, -0.2) is 32.8 Å². The van der Waals surface area contributed by atoms with Gasteiger partial charge in [-0.05, 0) is 59.0 Å². The fourth-order valence-corrected chi connectivity index (χ4v) is 2.57. The molecule has 2 aromatic carbocycles. The standard InChI is InChI=1S/C18H17F3INO4/c1-25-7-8-26-16-6-5-12(18(19,20)21)9-15(16)23-17(24)11-27-14-4-2-3-13(22)10-14/h2-6,9-10H,7-8,11H2,1H3,(H,23,24). The van der Waals surface area contributed by atoms with Gasteiger partial charge in [0.15, 0.2) is 6.61 Å². The molecule has 0 aliphatic carbocycles. The maximum Gasteiger partial charge on any atom is 0.416 e. The van der Waals surface area contributed by atoms with Crippen LogP contribution in [-0.2, 0) is 15.7 Å². The Kier molecular flexibility index (Phi) is 7.72. The van der Waals surface area contributed by atoms with Gasteiger partial charge in [0, 0.05) is 10.7 Å². The monoisotopic (exact) mass is 495 g/mol. The molecule has 0 spiro atoms. The first-order chi connectivity index (χ1) is 12.8. The molecule has 0 aliphatic rings. The van der Waals surface area contributed by atoms with E-state index in [1.54, 1.807) is 18.2 Å². The lowest BCUT2D eigenvalue weighted by Gasteiger charge is -2.15. The molecule has 2 aromatic rings. The molecule has 1 amide bonds. The van der Waals surface area contributed by atoms with Crippen molar-refractivity contribution in [2.45, 2.75) is 6.18 Å². The number of carbonyl (C=O) groups is 1. The van der Waals surface area contributed by atoms with Crippen LogP contribution in [0.25, 0.3) is 0 Å². The zero-order valence-electron chi connectivity index (χ0n) is 14.3. The van der Waals surface area contributed by atoms with E-state index in [4.69, 9.17) is 14.2 Å². The summed E-state index contributed by atoms with van der Waals surface area (Å²) in [5, 5.41) is 2.40. The molecule has 0 aromatic heterocycles. The van der Waals surface area contributed by atoms with Crippen molar-refractivity contribution in [3.63, 3.8) is 0 Å². The molecular weight excluding hydrogens is 478 g/mol. The maximum atomic E-state index is 13.0. The van der Waals surface area contributed by atoms with Crippen LogP contribution in [0.2, 0.25) is 0 Å². The number of alkyl halides is 3. The van der Waals surface area contributed by atoms with Gasteiger partial charge >= 0.3 is 6.18 Å². The lowest BCUT2D eigenvalue weighted by molar-refractivity contribution is -0.137. The molecule has 0 radical (unpaired) electrons. The molecule has 0 aliphatic heterocycles. The first-order valence-electron chi connectivity index (χ1n) is 7.81. The highest BCUT2D eigenvalue weighted by Crippen LogP contribution is 2.35. The fraction of sp³-hybridized carbons (Fsp3) is 0.278. The van der Waals surface area contributed by atoms with Crippen LogP contribution in [0.5, 0.6) is 11.5 Å². The lowest BCUT2D eigenvalue weighted by Crippen LogP contribution is -2.21. The highest BCUT2D eigenvalue weighted by Gasteiger charge is 2.31. The minimum Gasteiger partial charge on any atom is -0.489 e. The Morgan fingerprint density at radius 2 is 1.89 bits per heavy atom. The fourth-order valence-electron chi connectivity index (χ4n) is 2.06. The Morgan fingerprint density at radius 1 is 1.11 bits per heavy atom. The second-order valence-electron chi connectivity index (χ2n) is 5.34. The predicted octanol–water partition coefficient (Wildman–Crippen LogP) is 4.35. The summed E-state index contributed by atoms with van der Waals surface area (Å²) >= 11 is 2.10. The third-order valence-corrected chi connectivity index (χ3v) is 3.96. The number of methoxy groups -OCH3 is 1. The number of ether oxygens (including phenoxy) is 3. The van der Waals surface area contributed by atoms with Gasteiger partial charge in [-0.15, -0.1) is 0 Å². The van der Waals surface area contributed by atoms with Gasteiger partial charge in [-0.1, -0.05) is 6.07 Å². The van der Waals surface area contributed by atoms with Crippen LogP contribution < -0.4 is 14.8 Å². The van der Waals surface area contributed by atoms with E-state index < -0.39 is 17.6 Å². The largest absolute Gasteiger partial charge is 0.489 e. The normalized spacial score (nSPS) is 11.1. The summed E-state index contributed by atoms with van der Waals surface area (Å²) in [6, 6.07) is 9.92. The second kappa shape index (κ2) is 9.79. The molecule has 0 unspecified atom stereocenters. The van der Waals surface area contributed by atoms with E-state index in [1.165, 1.54) is 7.11 Å². The summed E-state index contributed by atoms with van der Waals surface area (Å²) in [4.78, 5) is 12.1. The number of amides is 1. The van der Waals surface area contributed by atoms with Gasteiger partial charge in [-0.2, -0.15) is 13.2 Å². The van der Waals surface area contributed by atoms with E-state index in [0.29, 0.717) is 5.75 Å². The summed E-state index contributed by atoms with van der Waals surface area (Å²) < 4.78 is 55.4. The lowest BCUT2D eigenvalue weighted by atomic mass is 10.1. The number of rotatable bonds is 8. The minimum absolute atomic E-state index is 0.0860. The molecule has 9 heteroatoms. The number of anilines is 1. The third kappa shape index (κ3) is 6.90. The third-order valence-electron chi connectivity index (χ3n) is 3.29. The summed E-state index contributed by atoms with van der Waals surface area (Å²) in [5.74, 6) is -0.00917. The Balaban J connectivity index is 2.09. The van der Waals surface area contributed by atoms with Gasteiger partial charge in [0.05, 0.1) is 17.9 Å². The van der Waals surface area contributed by atoms with E-state index in [9.17, 15) is 18.0 Å². The molecule has 1 N–H and O–H groups in total. The smallest absolute Gasteiger partial charge is 0.416 e. The molecule has 0 saturated heterocycles. The van der Waals surface area contributed by atoms with E-state index in [0.717, 1.165) is 21.8 Å². The van der Waals surface area contributed by atoms with Crippen LogP contribution in [0.1, 0.15) is 5.56 Å². The number of nitrogens with one attached hydrogen (secondary N) is 1. The van der Waals surface area contributed by atoms with Crippen molar-refractivity contribution in [1.82, 2.24) is 0 Å². The van der Waals surface area contributed by atoms with Crippen molar-refractivity contribution in [3.8, 4) is 11.5 Å². The van der Waals surface area contributed by atoms with E-state index in [-0.39, 0.29) is 31.3 Å². The van der Waals surface area contributed by atoms with E-state index >= 15 is 0 Å². The molecule has 2 rings (SSSR count). The van der Waals surface area contributed by atoms with Gasteiger partial charge < -0.3 is 19.5 Å². The van der Waals surface area contributed by atoms with Gasteiger partial charge in [0.25, 0.3) is 5.91 Å². The van der Waals surface area contributed by atoms with Crippen LogP contribution >= 0.6 is 22.6 Å². The van der Waals surface area contributed by atoms with Crippen LogP contribution in [0.4, 0.5) is 18.9 Å². The highest BCUT2D eigenvalue weighted by molar-refractivity contribution is 14.1. The Labute approximate surface area is 167 Å². The Bertz CT molecular complexity index is 783. The highest BCUT2D eigenvalue weighted by atomic mass is 127. The molecule has 146 valence electrons. The van der Waals surface area contributed by atoms with Crippen molar-refractivity contribution in [1.29, 1.82) is 0 Å². The number of hydrogen-bond acceptors (Lipinski definition) is 4. The number of carbonyl (C=O) groups excluding carboxylic acids is 1. The second-order valence-corrected chi connectivity index (χ2v) is 6.59. The molecule has 0 bridgehead atoms. The molecule has 5 nitrogen and oxygen atoms in total. The first-order valence-corrected chi connectivity index (χ1v) is 8.88. The van der Waals surface area contributed by atoms with Gasteiger partial charge in [-0.25, -0.2) is 0 Å². The molecule has 0 fully saturated rings. The van der Waals surface area contributed by atoms with E-state index in [1.807, 2.05) is 6.07 Å².